The zero-order valence-corrected chi connectivity index (χ0v) is 15.2. The minimum atomic E-state index is 0.597. The summed E-state index contributed by atoms with van der Waals surface area (Å²) in [5.41, 5.74) is 2.93. The predicted octanol–water partition coefficient (Wildman–Crippen LogP) is 7.45. The zero-order chi connectivity index (χ0) is 15.6. The Kier molecular flexibility index (Phi) is 7.96. The van der Waals surface area contributed by atoms with E-state index < -0.39 is 0 Å². The Morgan fingerprint density at radius 1 is 0.636 bits per heavy atom. The average Bonchev–Trinajstić information content (AvgIpc) is 2.59. The lowest BCUT2D eigenvalue weighted by Crippen LogP contribution is -1.95. The molecule has 2 heteroatoms. The molecule has 2 unspecified atom stereocenters. The molecule has 0 saturated carbocycles. The normalized spacial score (nSPS) is 13.7. The average molecular weight is 331 g/mol. The molecule has 0 aliphatic carbocycles. The van der Waals surface area contributed by atoms with Gasteiger partial charge in [-0.15, -0.1) is 0 Å². The standard InChI is InChI=1S/C20H26S2/c1-3-11-19(17-13-7-5-8-14-17)21-22-20(12-4-2)18-15-9-6-10-16-18/h5-10,13-16,19-20H,3-4,11-12H2,1-2H3. The second-order valence-electron chi connectivity index (χ2n) is 5.57. The molecule has 0 nitrogen and oxygen atoms in total. The van der Waals surface area contributed by atoms with Gasteiger partial charge in [0.25, 0.3) is 0 Å². The molecule has 22 heavy (non-hydrogen) atoms. The molecule has 0 amide bonds. The van der Waals surface area contributed by atoms with Crippen molar-refractivity contribution in [1.82, 2.24) is 0 Å². The van der Waals surface area contributed by atoms with Gasteiger partial charge in [0.1, 0.15) is 0 Å². The van der Waals surface area contributed by atoms with Crippen molar-refractivity contribution in [3.63, 3.8) is 0 Å². The summed E-state index contributed by atoms with van der Waals surface area (Å²) in [5.74, 6) is 0. The van der Waals surface area contributed by atoms with Crippen molar-refractivity contribution in [3.05, 3.63) is 71.8 Å². The second-order valence-corrected chi connectivity index (χ2v) is 8.25. The van der Waals surface area contributed by atoms with Crippen LogP contribution in [-0.4, -0.2) is 0 Å². The van der Waals surface area contributed by atoms with Gasteiger partial charge in [-0.1, -0.05) is 109 Å². The van der Waals surface area contributed by atoms with Crippen LogP contribution in [0.5, 0.6) is 0 Å². The fourth-order valence-electron chi connectivity index (χ4n) is 2.53. The first kappa shape index (κ1) is 17.5. The molecule has 118 valence electrons. The van der Waals surface area contributed by atoms with Crippen molar-refractivity contribution >= 4 is 21.6 Å². The van der Waals surface area contributed by atoms with Crippen molar-refractivity contribution in [1.29, 1.82) is 0 Å². The van der Waals surface area contributed by atoms with Gasteiger partial charge in [-0.25, -0.2) is 0 Å². The van der Waals surface area contributed by atoms with Gasteiger partial charge < -0.3 is 0 Å². The molecule has 0 radical (unpaired) electrons. The number of hydrogen-bond donors (Lipinski definition) is 0. The summed E-state index contributed by atoms with van der Waals surface area (Å²) in [5, 5.41) is 1.19. The lowest BCUT2D eigenvalue weighted by atomic mass is 10.1. The highest BCUT2D eigenvalue weighted by atomic mass is 33.1. The zero-order valence-electron chi connectivity index (χ0n) is 13.6. The highest BCUT2D eigenvalue weighted by Gasteiger charge is 2.17. The van der Waals surface area contributed by atoms with Crippen LogP contribution in [0.3, 0.4) is 0 Å². The first-order chi connectivity index (χ1) is 10.8. The van der Waals surface area contributed by atoms with E-state index in [2.05, 4.69) is 96.1 Å². The summed E-state index contributed by atoms with van der Waals surface area (Å²) in [6.07, 6.45) is 4.96. The molecule has 2 rings (SSSR count). The van der Waals surface area contributed by atoms with Gasteiger partial charge in [-0.05, 0) is 24.0 Å². The Labute approximate surface area is 143 Å². The molecule has 2 aromatic carbocycles. The molecule has 2 atom stereocenters. The van der Waals surface area contributed by atoms with Crippen LogP contribution in [0.4, 0.5) is 0 Å². The van der Waals surface area contributed by atoms with Crippen molar-refractivity contribution in [2.45, 2.75) is 50.0 Å². The van der Waals surface area contributed by atoms with E-state index in [1.54, 1.807) is 0 Å². The fourth-order valence-corrected chi connectivity index (χ4v) is 6.05. The lowest BCUT2D eigenvalue weighted by molar-refractivity contribution is 0.776. The molecule has 2 aromatic rings. The van der Waals surface area contributed by atoms with E-state index in [4.69, 9.17) is 0 Å². The van der Waals surface area contributed by atoms with Crippen molar-refractivity contribution in [3.8, 4) is 0 Å². The van der Waals surface area contributed by atoms with Gasteiger partial charge in [0.2, 0.25) is 0 Å². The summed E-state index contributed by atoms with van der Waals surface area (Å²) in [4.78, 5) is 0. The quantitative estimate of drug-likeness (QED) is 0.438. The predicted molar refractivity (Wildman–Crippen MR) is 103 cm³/mol. The second kappa shape index (κ2) is 10.0. The third-order valence-corrected chi connectivity index (χ3v) is 7.05. The van der Waals surface area contributed by atoms with E-state index in [0.717, 1.165) is 0 Å². The van der Waals surface area contributed by atoms with Gasteiger partial charge in [0.15, 0.2) is 0 Å². The van der Waals surface area contributed by atoms with Crippen LogP contribution in [0.25, 0.3) is 0 Å². The maximum absolute atomic E-state index is 2.28. The highest BCUT2D eigenvalue weighted by Crippen LogP contribution is 2.49. The Balaban J connectivity index is 2.03. The first-order valence-electron chi connectivity index (χ1n) is 8.27. The summed E-state index contributed by atoms with van der Waals surface area (Å²) in [6, 6.07) is 21.9. The van der Waals surface area contributed by atoms with Crippen LogP contribution >= 0.6 is 21.6 Å². The Morgan fingerprint density at radius 3 is 1.32 bits per heavy atom. The highest BCUT2D eigenvalue weighted by molar-refractivity contribution is 8.76. The van der Waals surface area contributed by atoms with Crippen LogP contribution in [0.1, 0.15) is 61.2 Å². The van der Waals surface area contributed by atoms with E-state index in [1.807, 2.05) is 0 Å². The van der Waals surface area contributed by atoms with E-state index in [0.29, 0.717) is 10.5 Å². The molecule has 0 heterocycles. The number of rotatable bonds is 9. The molecule has 0 aromatic heterocycles. The van der Waals surface area contributed by atoms with Gasteiger partial charge in [-0.3, -0.25) is 0 Å². The van der Waals surface area contributed by atoms with Crippen LogP contribution in [0, 0.1) is 0 Å². The Morgan fingerprint density at radius 2 is 1.00 bits per heavy atom. The molecular weight excluding hydrogens is 304 g/mol. The maximum atomic E-state index is 2.28. The van der Waals surface area contributed by atoms with E-state index >= 15 is 0 Å². The monoisotopic (exact) mass is 330 g/mol. The molecule has 0 aliphatic heterocycles. The SMILES string of the molecule is CCCC(SSC(CCC)c1ccccc1)c1ccccc1. The first-order valence-corrected chi connectivity index (χ1v) is 10.5. The third-order valence-electron chi connectivity index (χ3n) is 3.73. The molecule has 0 bridgehead atoms. The van der Waals surface area contributed by atoms with Crippen LogP contribution in [0.2, 0.25) is 0 Å². The summed E-state index contributed by atoms with van der Waals surface area (Å²) in [6.45, 7) is 4.56. The van der Waals surface area contributed by atoms with Gasteiger partial charge >= 0.3 is 0 Å². The molecule has 0 spiro atoms. The van der Waals surface area contributed by atoms with Gasteiger partial charge in [-0.2, -0.15) is 0 Å². The summed E-state index contributed by atoms with van der Waals surface area (Å²) < 4.78 is 0. The van der Waals surface area contributed by atoms with Crippen LogP contribution in [-0.2, 0) is 0 Å². The van der Waals surface area contributed by atoms with Gasteiger partial charge in [0, 0.05) is 10.5 Å². The minimum absolute atomic E-state index is 0.597. The van der Waals surface area contributed by atoms with E-state index in [1.165, 1.54) is 36.8 Å². The topological polar surface area (TPSA) is 0 Å². The maximum Gasteiger partial charge on any atom is 0.0401 e. The lowest BCUT2D eigenvalue weighted by Gasteiger charge is -2.20. The molecule has 0 N–H and O–H groups in total. The summed E-state index contributed by atoms with van der Waals surface area (Å²) in [7, 11) is 4.12. The van der Waals surface area contributed by atoms with E-state index in [9.17, 15) is 0 Å². The van der Waals surface area contributed by atoms with Crippen molar-refractivity contribution in [2.75, 3.05) is 0 Å². The summed E-state index contributed by atoms with van der Waals surface area (Å²) >= 11 is 0. The minimum Gasteiger partial charge on any atom is -0.0853 e. The largest absolute Gasteiger partial charge is 0.0853 e. The smallest absolute Gasteiger partial charge is 0.0401 e. The van der Waals surface area contributed by atoms with E-state index in [-0.39, 0.29) is 0 Å². The van der Waals surface area contributed by atoms with Crippen molar-refractivity contribution in [2.24, 2.45) is 0 Å². The molecule has 0 aliphatic rings. The van der Waals surface area contributed by atoms with Crippen LogP contribution < -0.4 is 0 Å². The molecule has 0 fully saturated rings. The van der Waals surface area contributed by atoms with Crippen molar-refractivity contribution < 1.29 is 0 Å². The van der Waals surface area contributed by atoms with Gasteiger partial charge in [0.05, 0.1) is 0 Å². The Bertz CT molecular complexity index is 460. The van der Waals surface area contributed by atoms with Crippen LogP contribution in [0.15, 0.2) is 60.7 Å². The Hall–Kier alpha value is -0.860. The molecular formula is C20H26S2. The third kappa shape index (κ3) is 5.40. The number of benzene rings is 2. The molecule has 0 saturated heterocycles. The fraction of sp³-hybridized carbons (Fsp3) is 0.400. The number of hydrogen-bond acceptors (Lipinski definition) is 2.